The summed E-state index contributed by atoms with van der Waals surface area (Å²) < 4.78 is 27.8. The maximum atomic E-state index is 12.9. The van der Waals surface area contributed by atoms with E-state index in [2.05, 4.69) is 12.2 Å². The summed E-state index contributed by atoms with van der Waals surface area (Å²) in [4.78, 5) is 11.8. The Balaban J connectivity index is 2.13. The topological polar surface area (TPSA) is 92.5 Å². The fourth-order valence-corrected chi connectivity index (χ4v) is 6.22. The lowest BCUT2D eigenvalue weighted by Gasteiger charge is -2.37. The molecule has 2 atom stereocenters. The van der Waals surface area contributed by atoms with Crippen LogP contribution in [0.25, 0.3) is 0 Å². The first kappa shape index (κ1) is 18.4. The van der Waals surface area contributed by atoms with Gasteiger partial charge in [0.05, 0.1) is 0 Å². The van der Waals surface area contributed by atoms with Crippen LogP contribution in [0.1, 0.15) is 31.6 Å². The monoisotopic (exact) mass is 359 g/mol. The molecule has 0 aliphatic carbocycles. The van der Waals surface area contributed by atoms with Gasteiger partial charge in [0.25, 0.3) is 10.0 Å². The molecule has 6 nitrogen and oxygen atoms in total. The number of nitrogens with two attached hydrogens (primary N) is 1. The minimum Gasteiger partial charge on any atom is -0.356 e. The Morgan fingerprint density at radius 3 is 2.87 bits per heavy atom. The highest BCUT2D eigenvalue weighted by atomic mass is 32.2. The maximum Gasteiger partial charge on any atom is 0.252 e. The first-order valence-corrected chi connectivity index (χ1v) is 10.2. The number of nitrogens with one attached hydrogen (secondary N) is 1. The van der Waals surface area contributed by atoms with Crippen LogP contribution in [0, 0.1) is 5.92 Å². The number of amides is 1. The van der Waals surface area contributed by atoms with Gasteiger partial charge in [-0.05, 0) is 37.3 Å². The van der Waals surface area contributed by atoms with Gasteiger partial charge in [-0.3, -0.25) is 4.79 Å². The van der Waals surface area contributed by atoms with E-state index in [1.807, 2.05) is 6.07 Å². The molecule has 0 bridgehead atoms. The highest BCUT2D eigenvalue weighted by molar-refractivity contribution is 7.91. The van der Waals surface area contributed by atoms with Gasteiger partial charge >= 0.3 is 0 Å². The van der Waals surface area contributed by atoms with Crippen molar-refractivity contribution in [3.8, 4) is 0 Å². The average Bonchev–Trinajstić information content (AvgIpc) is 2.96. The van der Waals surface area contributed by atoms with Crippen LogP contribution in [0.5, 0.6) is 0 Å². The molecule has 23 heavy (non-hydrogen) atoms. The standard InChI is InChI=1S/C15H25N3O3S2/c1-11-4-3-9-18(14(11)10-16)23(20,21)15-6-5-13(22-15)7-8-17-12(2)19/h5-6,11,14H,3-4,7-10,16H2,1-2H3,(H,17,19)/t11-,14-/m1/s1. The van der Waals surface area contributed by atoms with Crippen molar-refractivity contribution in [3.05, 3.63) is 17.0 Å². The quantitative estimate of drug-likeness (QED) is 0.797. The van der Waals surface area contributed by atoms with E-state index in [9.17, 15) is 13.2 Å². The Morgan fingerprint density at radius 1 is 1.48 bits per heavy atom. The molecule has 2 heterocycles. The molecule has 0 saturated carbocycles. The van der Waals surface area contributed by atoms with Gasteiger partial charge in [-0.1, -0.05) is 6.92 Å². The van der Waals surface area contributed by atoms with E-state index >= 15 is 0 Å². The Bertz CT molecular complexity index is 642. The van der Waals surface area contributed by atoms with Crippen LogP contribution >= 0.6 is 11.3 Å². The summed E-state index contributed by atoms with van der Waals surface area (Å²) in [5.41, 5.74) is 5.82. The molecule has 1 aromatic heterocycles. The molecule has 1 amide bonds. The number of sulfonamides is 1. The zero-order valence-corrected chi connectivity index (χ0v) is 15.3. The lowest BCUT2D eigenvalue weighted by molar-refractivity contribution is -0.118. The Labute approximate surface area is 142 Å². The number of hydrogen-bond acceptors (Lipinski definition) is 5. The number of rotatable bonds is 6. The van der Waals surface area contributed by atoms with Gasteiger partial charge in [-0.2, -0.15) is 4.31 Å². The smallest absolute Gasteiger partial charge is 0.252 e. The zero-order valence-electron chi connectivity index (χ0n) is 13.6. The van der Waals surface area contributed by atoms with Crippen LogP contribution in [-0.4, -0.2) is 44.3 Å². The molecule has 1 aliphatic rings. The molecule has 1 fully saturated rings. The molecule has 1 aromatic rings. The van der Waals surface area contributed by atoms with Crippen molar-refractivity contribution >= 4 is 27.3 Å². The van der Waals surface area contributed by atoms with Crippen LogP contribution < -0.4 is 11.1 Å². The van der Waals surface area contributed by atoms with Gasteiger partial charge < -0.3 is 11.1 Å². The first-order chi connectivity index (χ1) is 10.9. The predicted octanol–water partition coefficient (Wildman–Crippen LogP) is 1.17. The molecule has 0 spiro atoms. The van der Waals surface area contributed by atoms with E-state index < -0.39 is 10.0 Å². The van der Waals surface area contributed by atoms with E-state index in [1.165, 1.54) is 18.3 Å². The molecule has 0 aromatic carbocycles. The van der Waals surface area contributed by atoms with Crippen molar-refractivity contribution in [2.24, 2.45) is 11.7 Å². The van der Waals surface area contributed by atoms with Crippen molar-refractivity contribution in [1.82, 2.24) is 9.62 Å². The summed E-state index contributed by atoms with van der Waals surface area (Å²) in [5.74, 6) is 0.199. The number of nitrogens with zero attached hydrogens (tertiary/aromatic N) is 1. The molecule has 2 rings (SSSR count). The minimum atomic E-state index is -3.49. The molecule has 3 N–H and O–H groups in total. The first-order valence-electron chi connectivity index (χ1n) is 7.91. The van der Waals surface area contributed by atoms with Crippen LogP contribution in [-0.2, 0) is 21.2 Å². The van der Waals surface area contributed by atoms with E-state index in [0.29, 0.717) is 30.3 Å². The van der Waals surface area contributed by atoms with Gasteiger partial charge in [0.2, 0.25) is 5.91 Å². The molecule has 130 valence electrons. The molecule has 1 saturated heterocycles. The highest BCUT2D eigenvalue weighted by Crippen LogP contribution is 2.31. The third kappa shape index (κ3) is 4.32. The number of hydrogen-bond donors (Lipinski definition) is 2. The number of piperidine rings is 1. The molecule has 0 unspecified atom stereocenters. The van der Waals surface area contributed by atoms with Crippen molar-refractivity contribution in [3.63, 3.8) is 0 Å². The molecule has 8 heteroatoms. The predicted molar refractivity (Wildman–Crippen MR) is 91.8 cm³/mol. The van der Waals surface area contributed by atoms with Gasteiger partial charge in [0.1, 0.15) is 4.21 Å². The van der Waals surface area contributed by atoms with Crippen LogP contribution in [0.4, 0.5) is 0 Å². The minimum absolute atomic E-state index is 0.0810. The van der Waals surface area contributed by atoms with Crippen LogP contribution in [0.3, 0.4) is 0 Å². The third-order valence-corrected chi connectivity index (χ3v) is 7.79. The SMILES string of the molecule is CC(=O)NCCc1ccc(S(=O)(=O)N2CCC[C@@H](C)[C@H]2CN)s1. The zero-order chi connectivity index (χ0) is 17.0. The van der Waals surface area contributed by atoms with Gasteiger partial charge in [-0.15, -0.1) is 11.3 Å². The summed E-state index contributed by atoms with van der Waals surface area (Å²) in [6.45, 7) is 4.93. The summed E-state index contributed by atoms with van der Waals surface area (Å²) in [5, 5.41) is 2.72. The Hall–Kier alpha value is -0.960. The van der Waals surface area contributed by atoms with Crippen molar-refractivity contribution in [2.75, 3.05) is 19.6 Å². The van der Waals surface area contributed by atoms with Crippen molar-refractivity contribution in [2.45, 2.75) is 43.4 Å². The number of carbonyl (C=O) groups is 1. The lowest BCUT2D eigenvalue weighted by Crippen LogP contribution is -2.51. The molecule has 1 aliphatic heterocycles. The van der Waals surface area contributed by atoms with Gasteiger partial charge in [0.15, 0.2) is 0 Å². The van der Waals surface area contributed by atoms with E-state index in [4.69, 9.17) is 5.73 Å². The van der Waals surface area contributed by atoms with E-state index in [-0.39, 0.29) is 17.9 Å². The second-order valence-electron chi connectivity index (χ2n) is 5.99. The van der Waals surface area contributed by atoms with Gasteiger partial charge in [-0.25, -0.2) is 8.42 Å². The summed E-state index contributed by atoms with van der Waals surface area (Å²) >= 11 is 1.28. The average molecular weight is 360 g/mol. The second kappa shape index (κ2) is 7.74. The highest BCUT2D eigenvalue weighted by Gasteiger charge is 2.37. The van der Waals surface area contributed by atoms with Crippen molar-refractivity contribution in [1.29, 1.82) is 0 Å². The molecule has 0 radical (unpaired) electrons. The second-order valence-corrected chi connectivity index (χ2v) is 9.28. The lowest BCUT2D eigenvalue weighted by atomic mass is 9.93. The normalized spacial score (nSPS) is 22.9. The molecular weight excluding hydrogens is 334 g/mol. The largest absolute Gasteiger partial charge is 0.356 e. The van der Waals surface area contributed by atoms with Gasteiger partial charge in [0, 0.05) is 37.5 Å². The number of thiophene rings is 1. The fourth-order valence-electron chi connectivity index (χ4n) is 2.97. The maximum absolute atomic E-state index is 12.9. The summed E-state index contributed by atoms with van der Waals surface area (Å²) in [6, 6.07) is 3.36. The van der Waals surface area contributed by atoms with E-state index in [0.717, 1.165) is 17.7 Å². The van der Waals surface area contributed by atoms with Crippen molar-refractivity contribution < 1.29 is 13.2 Å². The number of carbonyl (C=O) groups excluding carboxylic acids is 1. The van der Waals surface area contributed by atoms with Crippen LogP contribution in [0.2, 0.25) is 0 Å². The third-order valence-electron chi connectivity index (χ3n) is 4.25. The Kier molecular flexibility index (Phi) is 6.19. The summed E-state index contributed by atoms with van der Waals surface area (Å²) in [6.07, 6.45) is 2.52. The summed E-state index contributed by atoms with van der Waals surface area (Å²) in [7, 11) is -3.49. The van der Waals surface area contributed by atoms with E-state index in [1.54, 1.807) is 10.4 Å². The fraction of sp³-hybridized carbons (Fsp3) is 0.667. The van der Waals surface area contributed by atoms with Crippen LogP contribution in [0.15, 0.2) is 16.3 Å². The molecular formula is C15H25N3O3S2. The Morgan fingerprint density at radius 2 is 2.22 bits per heavy atom.